The molecule has 3 nitrogen and oxygen atoms in total. The topological polar surface area (TPSA) is 35.5 Å². The quantitative estimate of drug-likeness (QED) is 0.893. The number of aliphatic hydroxyl groups excluding tert-OH is 1. The molecule has 0 spiro atoms. The second-order valence-electron chi connectivity index (χ2n) is 6.84. The zero-order chi connectivity index (χ0) is 14.5. The maximum absolute atomic E-state index is 10.1. The molecule has 2 aliphatic rings. The molecule has 0 aromatic heterocycles. The smallest absolute Gasteiger partial charge is 0.0540 e. The lowest BCUT2D eigenvalue weighted by Crippen LogP contribution is -2.50. The highest BCUT2D eigenvalue weighted by molar-refractivity contribution is 5.85. The van der Waals surface area contributed by atoms with Crippen LogP contribution in [-0.4, -0.2) is 49.3 Å². The third-order valence-electron chi connectivity index (χ3n) is 5.32. The third-order valence-corrected chi connectivity index (χ3v) is 5.32. The third kappa shape index (κ3) is 4.02. The van der Waals surface area contributed by atoms with Gasteiger partial charge in [0.25, 0.3) is 0 Å². The van der Waals surface area contributed by atoms with Crippen LogP contribution in [0.15, 0.2) is 30.3 Å². The van der Waals surface area contributed by atoms with Crippen LogP contribution in [0.5, 0.6) is 0 Å². The normalized spacial score (nSPS) is 27.3. The second kappa shape index (κ2) is 8.30. The highest BCUT2D eigenvalue weighted by Gasteiger charge is 2.37. The minimum atomic E-state index is -0.0492. The summed E-state index contributed by atoms with van der Waals surface area (Å²) in [5, 5.41) is 13.5. The number of aliphatic hydroxyl groups is 1. The highest BCUT2D eigenvalue weighted by atomic mass is 35.5. The molecule has 0 saturated carbocycles. The molecule has 0 radical (unpaired) electrons. The van der Waals surface area contributed by atoms with Crippen molar-refractivity contribution < 1.29 is 5.11 Å². The zero-order valence-corrected chi connectivity index (χ0v) is 14.2. The van der Waals surface area contributed by atoms with E-state index in [2.05, 4.69) is 40.5 Å². The lowest BCUT2D eigenvalue weighted by molar-refractivity contribution is 0.0753. The fourth-order valence-corrected chi connectivity index (χ4v) is 4.06. The molecular formula is C18H29ClN2O. The SMILES string of the molecule is Cl.OCC1(c2ccccc2)CCCN(CC2CCNCC2)C1. The highest BCUT2D eigenvalue weighted by Crippen LogP contribution is 2.34. The molecule has 4 heteroatoms. The number of nitrogens with zero attached hydrogens (tertiary/aromatic N) is 1. The maximum atomic E-state index is 10.1. The Morgan fingerprint density at radius 2 is 1.91 bits per heavy atom. The predicted molar refractivity (Wildman–Crippen MR) is 93.7 cm³/mol. The monoisotopic (exact) mass is 324 g/mol. The Balaban J connectivity index is 0.00000176. The number of hydrogen-bond acceptors (Lipinski definition) is 3. The summed E-state index contributed by atoms with van der Waals surface area (Å²) in [6, 6.07) is 10.6. The molecule has 3 rings (SSSR count). The van der Waals surface area contributed by atoms with Crippen molar-refractivity contribution in [2.75, 3.05) is 39.3 Å². The van der Waals surface area contributed by atoms with Gasteiger partial charge in [0, 0.05) is 18.5 Å². The predicted octanol–water partition coefficient (Wildman–Crippen LogP) is 2.43. The molecule has 2 N–H and O–H groups in total. The number of likely N-dealkylation sites (tertiary alicyclic amines) is 1. The molecular weight excluding hydrogens is 296 g/mol. The first-order valence-electron chi connectivity index (χ1n) is 8.42. The van der Waals surface area contributed by atoms with Crippen LogP contribution in [0.25, 0.3) is 0 Å². The van der Waals surface area contributed by atoms with Crippen LogP contribution >= 0.6 is 12.4 Å². The minimum absolute atomic E-state index is 0. The summed E-state index contributed by atoms with van der Waals surface area (Å²) in [6.45, 7) is 6.01. The molecule has 2 saturated heterocycles. The first-order valence-corrected chi connectivity index (χ1v) is 8.42. The Hall–Kier alpha value is -0.610. The van der Waals surface area contributed by atoms with Gasteiger partial charge in [-0.25, -0.2) is 0 Å². The van der Waals surface area contributed by atoms with E-state index < -0.39 is 0 Å². The minimum Gasteiger partial charge on any atom is -0.395 e. The average Bonchev–Trinajstić information content (AvgIpc) is 2.57. The lowest BCUT2D eigenvalue weighted by atomic mass is 9.74. The fraction of sp³-hybridized carbons (Fsp3) is 0.667. The molecule has 1 aromatic rings. The van der Waals surface area contributed by atoms with Crippen molar-refractivity contribution in [1.29, 1.82) is 0 Å². The van der Waals surface area contributed by atoms with E-state index in [0.717, 1.165) is 18.9 Å². The van der Waals surface area contributed by atoms with Crippen LogP contribution in [0.1, 0.15) is 31.2 Å². The summed E-state index contributed by atoms with van der Waals surface area (Å²) in [5.41, 5.74) is 1.26. The van der Waals surface area contributed by atoms with Crippen LogP contribution in [-0.2, 0) is 5.41 Å². The Bertz CT molecular complexity index is 436. The van der Waals surface area contributed by atoms with Gasteiger partial charge in [0.05, 0.1) is 6.61 Å². The summed E-state index contributed by atoms with van der Waals surface area (Å²) < 4.78 is 0. The number of rotatable bonds is 4. The van der Waals surface area contributed by atoms with Crippen molar-refractivity contribution in [3.8, 4) is 0 Å². The molecule has 124 valence electrons. The zero-order valence-electron chi connectivity index (χ0n) is 13.3. The Morgan fingerprint density at radius 3 is 2.59 bits per heavy atom. The van der Waals surface area contributed by atoms with Gasteiger partial charge in [-0.05, 0) is 56.8 Å². The molecule has 1 unspecified atom stereocenters. The van der Waals surface area contributed by atoms with E-state index >= 15 is 0 Å². The molecule has 0 amide bonds. The number of halogens is 1. The van der Waals surface area contributed by atoms with E-state index in [1.807, 2.05) is 0 Å². The fourth-order valence-electron chi connectivity index (χ4n) is 4.06. The largest absolute Gasteiger partial charge is 0.395 e. The lowest BCUT2D eigenvalue weighted by Gasteiger charge is -2.43. The summed E-state index contributed by atoms with van der Waals surface area (Å²) >= 11 is 0. The van der Waals surface area contributed by atoms with Gasteiger partial charge in [0.1, 0.15) is 0 Å². The van der Waals surface area contributed by atoms with Gasteiger partial charge < -0.3 is 15.3 Å². The van der Waals surface area contributed by atoms with Crippen LogP contribution < -0.4 is 5.32 Å². The molecule has 22 heavy (non-hydrogen) atoms. The van der Waals surface area contributed by atoms with Crippen molar-refractivity contribution in [2.24, 2.45) is 5.92 Å². The van der Waals surface area contributed by atoms with Crippen LogP contribution in [0.2, 0.25) is 0 Å². The molecule has 0 bridgehead atoms. The number of nitrogens with one attached hydrogen (secondary N) is 1. The van der Waals surface area contributed by atoms with Crippen molar-refractivity contribution in [1.82, 2.24) is 10.2 Å². The van der Waals surface area contributed by atoms with E-state index in [4.69, 9.17) is 0 Å². The average molecular weight is 325 g/mol. The molecule has 2 heterocycles. The first-order chi connectivity index (χ1) is 10.3. The number of hydrogen-bond donors (Lipinski definition) is 2. The first kappa shape index (κ1) is 17.7. The van der Waals surface area contributed by atoms with E-state index in [-0.39, 0.29) is 24.4 Å². The second-order valence-corrected chi connectivity index (χ2v) is 6.84. The molecule has 1 atom stereocenters. The molecule has 0 aliphatic carbocycles. The van der Waals surface area contributed by atoms with Crippen molar-refractivity contribution in [3.63, 3.8) is 0 Å². The summed E-state index contributed by atoms with van der Waals surface area (Å²) in [7, 11) is 0. The van der Waals surface area contributed by atoms with Gasteiger partial charge in [-0.15, -0.1) is 12.4 Å². The van der Waals surface area contributed by atoms with Crippen molar-refractivity contribution in [3.05, 3.63) is 35.9 Å². The van der Waals surface area contributed by atoms with Crippen molar-refractivity contribution >= 4 is 12.4 Å². The van der Waals surface area contributed by atoms with E-state index in [1.165, 1.54) is 51.0 Å². The molecule has 1 aromatic carbocycles. The number of benzene rings is 1. The standard InChI is InChI=1S/C18H28N2O.ClH/c21-15-18(17-5-2-1-3-6-17)9-4-12-20(14-18)13-16-7-10-19-11-8-16;/h1-3,5-6,16,19,21H,4,7-15H2;1H. The van der Waals surface area contributed by atoms with Crippen LogP contribution in [0.3, 0.4) is 0 Å². The number of piperidine rings is 2. The van der Waals surface area contributed by atoms with E-state index in [1.54, 1.807) is 0 Å². The molecule has 2 aliphatic heterocycles. The summed E-state index contributed by atoms with van der Waals surface area (Å²) in [5.74, 6) is 0.830. The van der Waals surface area contributed by atoms with Gasteiger partial charge in [-0.3, -0.25) is 0 Å². The van der Waals surface area contributed by atoms with Crippen LogP contribution in [0, 0.1) is 5.92 Å². The van der Waals surface area contributed by atoms with Gasteiger partial charge in [-0.1, -0.05) is 30.3 Å². The maximum Gasteiger partial charge on any atom is 0.0540 e. The van der Waals surface area contributed by atoms with Crippen LogP contribution in [0.4, 0.5) is 0 Å². The molecule has 2 fully saturated rings. The van der Waals surface area contributed by atoms with Gasteiger partial charge in [0.15, 0.2) is 0 Å². The van der Waals surface area contributed by atoms with Gasteiger partial charge in [0.2, 0.25) is 0 Å². The Morgan fingerprint density at radius 1 is 1.18 bits per heavy atom. The summed E-state index contributed by atoms with van der Waals surface area (Å²) in [6.07, 6.45) is 4.90. The Kier molecular flexibility index (Phi) is 6.69. The summed E-state index contributed by atoms with van der Waals surface area (Å²) in [4.78, 5) is 2.60. The Labute approximate surface area is 140 Å². The van der Waals surface area contributed by atoms with E-state index in [9.17, 15) is 5.11 Å². The van der Waals surface area contributed by atoms with Gasteiger partial charge in [-0.2, -0.15) is 0 Å². The van der Waals surface area contributed by atoms with Crippen molar-refractivity contribution in [2.45, 2.75) is 31.1 Å². The van der Waals surface area contributed by atoms with Gasteiger partial charge >= 0.3 is 0 Å². The van der Waals surface area contributed by atoms with E-state index in [0.29, 0.717) is 0 Å².